The molecule has 2 aromatic carbocycles. The van der Waals surface area contributed by atoms with Crippen molar-refractivity contribution >= 4 is 29.2 Å². The summed E-state index contributed by atoms with van der Waals surface area (Å²) >= 11 is 0. The van der Waals surface area contributed by atoms with Crippen molar-refractivity contribution in [1.29, 1.82) is 0 Å². The van der Waals surface area contributed by atoms with Gasteiger partial charge in [-0.2, -0.15) is 0 Å². The highest BCUT2D eigenvalue weighted by molar-refractivity contribution is 5.95. The second kappa shape index (κ2) is 8.84. The van der Waals surface area contributed by atoms with Crippen LogP contribution in [0.5, 0.6) is 5.75 Å². The summed E-state index contributed by atoms with van der Waals surface area (Å²) in [5, 5.41) is 14.4. The number of carboxylic acid groups (broad SMARTS) is 1. The predicted octanol–water partition coefficient (Wildman–Crippen LogP) is 3.31. The number of aromatic carboxylic acids is 1. The zero-order valence-corrected chi connectivity index (χ0v) is 15.4. The average Bonchev–Trinajstić information content (AvgIpc) is 2.62. The van der Waals surface area contributed by atoms with Crippen LogP contribution >= 0.6 is 0 Å². The summed E-state index contributed by atoms with van der Waals surface area (Å²) in [6.07, 6.45) is 0. The lowest BCUT2D eigenvalue weighted by atomic mass is 10.1. The average molecular weight is 370 g/mol. The predicted molar refractivity (Wildman–Crippen MR) is 102 cm³/mol. The number of hydrogen-bond donors (Lipinski definition) is 3. The molecule has 142 valence electrons. The summed E-state index contributed by atoms with van der Waals surface area (Å²) in [4.78, 5) is 34.9. The van der Waals surface area contributed by atoms with Gasteiger partial charge >= 0.3 is 5.97 Å². The third-order valence-corrected chi connectivity index (χ3v) is 3.75. The standard InChI is InChI=1S/C20H22N2O5/c1-12(2)19(24)21-15-5-4-6-16(10-15)27-11-18(23)22-17-9-14(20(25)26)8-7-13(17)3/h4-10,12H,11H2,1-3H3,(H,21,24)(H,22,23)(H,25,26). The molecule has 2 rings (SSSR count). The maximum Gasteiger partial charge on any atom is 0.335 e. The second-order valence-electron chi connectivity index (χ2n) is 6.34. The van der Waals surface area contributed by atoms with Gasteiger partial charge in [-0.15, -0.1) is 0 Å². The highest BCUT2D eigenvalue weighted by Crippen LogP contribution is 2.19. The Hall–Kier alpha value is -3.35. The molecule has 2 amide bonds. The van der Waals surface area contributed by atoms with Crippen LogP contribution in [0.2, 0.25) is 0 Å². The van der Waals surface area contributed by atoms with Crippen LogP contribution in [0.25, 0.3) is 0 Å². The first-order valence-electron chi connectivity index (χ1n) is 8.44. The number of benzene rings is 2. The molecule has 0 bridgehead atoms. The van der Waals surface area contributed by atoms with Gasteiger partial charge in [0.15, 0.2) is 6.61 Å². The first-order chi connectivity index (χ1) is 12.8. The van der Waals surface area contributed by atoms with Crippen molar-refractivity contribution < 1.29 is 24.2 Å². The molecule has 0 unspecified atom stereocenters. The zero-order chi connectivity index (χ0) is 20.0. The van der Waals surface area contributed by atoms with E-state index in [-0.39, 0.29) is 24.0 Å². The van der Waals surface area contributed by atoms with Crippen LogP contribution in [0.4, 0.5) is 11.4 Å². The topological polar surface area (TPSA) is 105 Å². The number of anilines is 2. The van der Waals surface area contributed by atoms with E-state index < -0.39 is 11.9 Å². The van der Waals surface area contributed by atoms with Gasteiger partial charge in [-0.3, -0.25) is 9.59 Å². The minimum Gasteiger partial charge on any atom is -0.484 e. The molecule has 7 heteroatoms. The Morgan fingerprint density at radius 3 is 2.48 bits per heavy atom. The third-order valence-electron chi connectivity index (χ3n) is 3.75. The Balaban J connectivity index is 1.97. The van der Waals surface area contributed by atoms with E-state index in [2.05, 4.69) is 10.6 Å². The molecule has 7 nitrogen and oxygen atoms in total. The molecule has 0 aliphatic heterocycles. The molecule has 2 aromatic rings. The number of carbonyl (C=O) groups is 3. The SMILES string of the molecule is Cc1ccc(C(=O)O)cc1NC(=O)COc1cccc(NC(=O)C(C)C)c1. The fourth-order valence-corrected chi connectivity index (χ4v) is 2.18. The Bertz CT molecular complexity index is 861. The fourth-order valence-electron chi connectivity index (χ4n) is 2.18. The van der Waals surface area contributed by atoms with E-state index in [4.69, 9.17) is 9.84 Å². The monoisotopic (exact) mass is 370 g/mol. The van der Waals surface area contributed by atoms with Crippen molar-refractivity contribution in [2.75, 3.05) is 17.2 Å². The lowest BCUT2D eigenvalue weighted by molar-refractivity contribution is -0.119. The van der Waals surface area contributed by atoms with Crippen molar-refractivity contribution in [2.24, 2.45) is 5.92 Å². The summed E-state index contributed by atoms with van der Waals surface area (Å²) in [7, 11) is 0. The normalized spacial score (nSPS) is 10.4. The van der Waals surface area contributed by atoms with E-state index >= 15 is 0 Å². The van der Waals surface area contributed by atoms with Gasteiger partial charge in [0.25, 0.3) is 5.91 Å². The molecule has 27 heavy (non-hydrogen) atoms. The summed E-state index contributed by atoms with van der Waals surface area (Å²) in [5.41, 5.74) is 1.83. The van der Waals surface area contributed by atoms with Crippen LogP contribution in [0.3, 0.4) is 0 Å². The lowest BCUT2D eigenvalue weighted by Crippen LogP contribution is -2.21. The van der Waals surface area contributed by atoms with Gasteiger partial charge in [0.2, 0.25) is 5.91 Å². The van der Waals surface area contributed by atoms with Crippen LogP contribution in [0.15, 0.2) is 42.5 Å². The van der Waals surface area contributed by atoms with Gasteiger partial charge in [-0.05, 0) is 36.8 Å². The molecule has 0 heterocycles. The quantitative estimate of drug-likeness (QED) is 0.693. The Labute approximate surface area is 157 Å². The molecular weight excluding hydrogens is 348 g/mol. The molecule has 0 atom stereocenters. The number of hydrogen-bond acceptors (Lipinski definition) is 4. The van der Waals surface area contributed by atoms with Crippen molar-refractivity contribution in [3.8, 4) is 5.75 Å². The van der Waals surface area contributed by atoms with Gasteiger partial charge in [0.05, 0.1) is 5.56 Å². The van der Waals surface area contributed by atoms with Crippen LogP contribution in [-0.4, -0.2) is 29.5 Å². The van der Waals surface area contributed by atoms with E-state index in [9.17, 15) is 14.4 Å². The minimum atomic E-state index is -1.07. The minimum absolute atomic E-state index is 0.0883. The summed E-state index contributed by atoms with van der Waals surface area (Å²) in [5.74, 6) is -1.31. The number of ether oxygens (including phenoxy) is 1. The van der Waals surface area contributed by atoms with Crippen LogP contribution in [0.1, 0.15) is 29.8 Å². The molecule has 0 aliphatic rings. The molecule has 0 aliphatic carbocycles. The summed E-state index contributed by atoms with van der Waals surface area (Å²) in [6.45, 7) is 5.10. The second-order valence-corrected chi connectivity index (χ2v) is 6.34. The van der Waals surface area contributed by atoms with E-state index in [1.54, 1.807) is 51.1 Å². The zero-order valence-electron chi connectivity index (χ0n) is 15.4. The maximum absolute atomic E-state index is 12.1. The largest absolute Gasteiger partial charge is 0.484 e. The van der Waals surface area contributed by atoms with Gasteiger partial charge in [0, 0.05) is 23.4 Å². The Morgan fingerprint density at radius 2 is 1.81 bits per heavy atom. The van der Waals surface area contributed by atoms with Gasteiger partial charge in [0.1, 0.15) is 5.75 Å². The van der Waals surface area contributed by atoms with E-state index in [0.717, 1.165) is 5.56 Å². The molecule has 0 spiro atoms. The molecule has 3 N–H and O–H groups in total. The van der Waals surface area contributed by atoms with Gasteiger partial charge in [-0.25, -0.2) is 4.79 Å². The van der Waals surface area contributed by atoms with Crippen LogP contribution < -0.4 is 15.4 Å². The van der Waals surface area contributed by atoms with Crippen molar-refractivity contribution in [3.05, 3.63) is 53.6 Å². The third kappa shape index (κ3) is 5.85. The highest BCUT2D eigenvalue weighted by Gasteiger charge is 2.11. The van der Waals surface area contributed by atoms with E-state index in [0.29, 0.717) is 17.1 Å². The fraction of sp³-hybridized carbons (Fsp3) is 0.250. The Kier molecular flexibility index (Phi) is 6.54. The summed E-state index contributed by atoms with van der Waals surface area (Å²) in [6, 6.07) is 11.2. The number of amides is 2. The summed E-state index contributed by atoms with van der Waals surface area (Å²) < 4.78 is 5.46. The first kappa shape index (κ1) is 20.0. The molecular formula is C20H22N2O5. The van der Waals surface area contributed by atoms with E-state index in [1.165, 1.54) is 12.1 Å². The Morgan fingerprint density at radius 1 is 1.07 bits per heavy atom. The number of carbonyl (C=O) groups excluding carboxylic acids is 2. The lowest BCUT2D eigenvalue weighted by Gasteiger charge is -2.12. The number of aryl methyl sites for hydroxylation is 1. The molecule has 0 radical (unpaired) electrons. The molecule has 0 fully saturated rings. The molecule has 0 saturated carbocycles. The van der Waals surface area contributed by atoms with Crippen molar-refractivity contribution in [1.82, 2.24) is 0 Å². The van der Waals surface area contributed by atoms with Gasteiger partial charge in [-0.1, -0.05) is 26.0 Å². The van der Waals surface area contributed by atoms with E-state index in [1.807, 2.05) is 0 Å². The van der Waals surface area contributed by atoms with Crippen LogP contribution in [-0.2, 0) is 9.59 Å². The van der Waals surface area contributed by atoms with Gasteiger partial charge < -0.3 is 20.5 Å². The first-order valence-corrected chi connectivity index (χ1v) is 8.44. The number of carboxylic acids is 1. The molecule has 0 saturated heterocycles. The smallest absolute Gasteiger partial charge is 0.335 e. The number of nitrogens with one attached hydrogen (secondary N) is 2. The molecule has 0 aromatic heterocycles. The highest BCUT2D eigenvalue weighted by atomic mass is 16.5. The van der Waals surface area contributed by atoms with Crippen molar-refractivity contribution in [3.63, 3.8) is 0 Å². The number of rotatable bonds is 7. The maximum atomic E-state index is 12.1. The van der Waals surface area contributed by atoms with Crippen LogP contribution in [0, 0.1) is 12.8 Å². The van der Waals surface area contributed by atoms with Crippen molar-refractivity contribution in [2.45, 2.75) is 20.8 Å².